The highest BCUT2D eigenvalue weighted by Gasteiger charge is 2.30. The lowest BCUT2D eigenvalue weighted by molar-refractivity contribution is -0.137. The molecule has 3 rings (SSSR count). The number of carbonyl (C=O) groups excluding carboxylic acids is 2. The van der Waals surface area contributed by atoms with Crippen LogP contribution in [-0.4, -0.2) is 32.5 Å². The molecule has 0 radical (unpaired) electrons. The van der Waals surface area contributed by atoms with Gasteiger partial charge in [-0.25, -0.2) is 13.2 Å². The molecular weight excluding hydrogens is 477 g/mol. The van der Waals surface area contributed by atoms with E-state index in [0.29, 0.717) is 0 Å². The van der Waals surface area contributed by atoms with Gasteiger partial charge in [0.2, 0.25) is 0 Å². The largest absolute Gasteiger partial charge is 0.507 e. The molecule has 3 aromatic rings. The maximum atomic E-state index is 12.9. The van der Waals surface area contributed by atoms with Crippen molar-refractivity contribution in [3.63, 3.8) is 0 Å². The molecule has 3 N–H and O–H groups in total. The van der Waals surface area contributed by atoms with E-state index < -0.39 is 39.4 Å². The number of alkyl halides is 3. The summed E-state index contributed by atoms with van der Waals surface area (Å²) in [5.41, 5.74) is -1.44. The van der Waals surface area contributed by atoms with E-state index >= 15 is 0 Å². The normalized spacial score (nSPS) is 11.5. The number of benzene rings is 3. The van der Waals surface area contributed by atoms with Crippen LogP contribution in [0.25, 0.3) is 0 Å². The number of phenolic OH excluding ortho intramolecular Hbond substituents is 1. The number of halogens is 3. The van der Waals surface area contributed by atoms with Crippen LogP contribution in [0, 0.1) is 0 Å². The summed E-state index contributed by atoms with van der Waals surface area (Å²) in [6, 6.07) is 12.3. The Morgan fingerprint density at radius 2 is 1.62 bits per heavy atom. The number of phenols is 1. The minimum Gasteiger partial charge on any atom is -0.507 e. The molecule has 34 heavy (non-hydrogen) atoms. The lowest BCUT2D eigenvalue weighted by Crippen LogP contribution is -2.16. The van der Waals surface area contributed by atoms with Gasteiger partial charge in [0.25, 0.3) is 15.9 Å². The van der Waals surface area contributed by atoms with Crippen molar-refractivity contribution in [3.8, 4) is 5.75 Å². The predicted octanol–water partition coefficient (Wildman–Crippen LogP) is 4.25. The highest BCUT2D eigenvalue weighted by molar-refractivity contribution is 7.92. The molecule has 0 fully saturated rings. The lowest BCUT2D eigenvalue weighted by atomic mass is 10.1. The molecule has 0 aliphatic rings. The van der Waals surface area contributed by atoms with E-state index in [4.69, 9.17) is 0 Å². The van der Waals surface area contributed by atoms with Crippen molar-refractivity contribution >= 4 is 33.3 Å². The fourth-order valence-electron chi connectivity index (χ4n) is 2.87. The number of esters is 1. The first kappa shape index (κ1) is 24.6. The average Bonchev–Trinajstić information content (AvgIpc) is 2.78. The van der Waals surface area contributed by atoms with Crippen molar-refractivity contribution in [2.75, 3.05) is 17.1 Å². The van der Waals surface area contributed by atoms with E-state index in [0.717, 1.165) is 43.5 Å². The molecule has 0 aliphatic heterocycles. The van der Waals surface area contributed by atoms with Crippen LogP contribution in [-0.2, 0) is 20.9 Å². The van der Waals surface area contributed by atoms with Gasteiger partial charge in [-0.1, -0.05) is 12.1 Å². The monoisotopic (exact) mass is 494 g/mol. The Morgan fingerprint density at radius 1 is 0.941 bits per heavy atom. The Bertz CT molecular complexity index is 1360. The number of anilines is 2. The lowest BCUT2D eigenvalue weighted by Gasteiger charge is -2.12. The number of ether oxygens (including phenoxy) is 1. The van der Waals surface area contributed by atoms with Crippen LogP contribution < -0.4 is 10.0 Å². The van der Waals surface area contributed by atoms with Crippen molar-refractivity contribution in [2.45, 2.75) is 11.1 Å². The van der Waals surface area contributed by atoms with E-state index in [2.05, 4.69) is 14.8 Å². The number of aromatic hydroxyl groups is 1. The molecule has 0 bridgehead atoms. The Kier molecular flexibility index (Phi) is 6.82. The van der Waals surface area contributed by atoms with Crippen LogP contribution in [0.3, 0.4) is 0 Å². The van der Waals surface area contributed by atoms with Gasteiger partial charge in [0.05, 0.1) is 17.6 Å². The predicted molar refractivity (Wildman–Crippen MR) is 116 cm³/mol. The second-order valence-corrected chi connectivity index (χ2v) is 8.57. The summed E-state index contributed by atoms with van der Waals surface area (Å²) in [5.74, 6) is -2.18. The van der Waals surface area contributed by atoms with Crippen LogP contribution in [0.15, 0.2) is 71.6 Å². The third kappa shape index (κ3) is 5.64. The maximum Gasteiger partial charge on any atom is 0.416 e. The number of rotatable bonds is 6. The molecule has 3 aromatic carbocycles. The molecule has 0 unspecified atom stereocenters. The molecule has 1 amide bonds. The summed E-state index contributed by atoms with van der Waals surface area (Å²) in [4.78, 5) is 23.9. The van der Waals surface area contributed by atoms with E-state index in [-0.39, 0.29) is 27.4 Å². The van der Waals surface area contributed by atoms with Crippen LogP contribution in [0.2, 0.25) is 0 Å². The number of carbonyl (C=O) groups is 2. The Morgan fingerprint density at radius 3 is 2.29 bits per heavy atom. The first-order chi connectivity index (χ1) is 15.9. The molecule has 12 heteroatoms. The van der Waals surface area contributed by atoms with Crippen LogP contribution >= 0.6 is 0 Å². The van der Waals surface area contributed by atoms with Gasteiger partial charge in [-0.15, -0.1) is 0 Å². The zero-order chi connectivity index (χ0) is 25.1. The Labute approximate surface area is 192 Å². The minimum atomic E-state index is -4.58. The molecule has 0 aliphatic carbocycles. The standard InChI is InChI=1S/C22H17F3N2O6S/c1-33-21(30)18-12-17(8-9-19(18)28)34(31,32)27-16-7-2-4-13(10-16)20(29)26-15-6-3-5-14(11-15)22(23,24)25/h2-12,27-28H,1H3,(H,26,29). The van der Waals surface area contributed by atoms with Crippen LogP contribution in [0.1, 0.15) is 26.3 Å². The molecular formula is C22H17F3N2O6S. The average molecular weight is 494 g/mol. The van der Waals surface area contributed by atoms with Crippen molar-refractivity contribution in [3.05, 3.63) is 83.4 Å². The molecule has 0 heterocycles. The summed E-state index contributed by atoms with van der Waals surface area (Å²) in [6.07, 6.45) is -4.58. The zero-order valence-electron chi connectivity index (χ0n) is 17.4. The first-order valence-corrected chi connectivity index (χ1v) is 10.9. The van der Waals surface area contributed by atoms with Gasteiger partial charge in [-0.3, -0.25) is 9.52 Å². The number of methoxy groups -OCH3 is 1. The van der Waals surface area contributed by atoms with Crippen LogP contribution in [0.4, 0.5) is 24.5 Å². The maximum absolute atomic E-state index is 12.9. The molecule has 178 valence electrons. The van der Waals surface area contributed by atoms with Gasteiger partial charge in [-0.05, 0) is 54.6 Å². The van der Waals surface area contributed by atoms with E-state index in [1.807, 2.05) is 0 Å². The van der Waals surface area contributed by atoms with E-state index in [9.17, 15) is 36.3 Å². The highest BCUT2D eigenvalue weighted by atomic mass is 32.2. The molecule has 0 saturated carbocycles. The third-order valence-electron chi connectivity index (χ3n) is 4.51. The van der Waals surface area contributed by atoms with Gasteiger partial charge in [0.1, 0.15) is 11.3 Å². The van der Waals surface area contributed by atoms with Crippen molar-refractivity contribution < 1.29 is 41.0 Å². The molecule has 0 spiro atoms. The summed E-state index contributed by atoms with van der Waals surface area (Å²) in [6.45, 7) is 0. The summed E-state index contributed by atoms with van der Waals surface area (Å²) in [7, 11) is -3.18. The smallest absolute Gasteiger partial charge is 0.416 e. The topological polar surface area (TPSA) is 122 Å². The van der Waals surface area contributed by atoms with Crippen LogP contribution in [0.5, 0.6) is 5.75 Å². The van der Waals surface area contributed by atoms with E-state index in [1.54, 1.807) is 0 Å². The number of hydrogen-bond acceptors (Lipinski definition) is 6. The van der Waals surface area contributed by atoms with Gasteiger partial charge in [-0.2, -0.15) is 13.2 Å². The fraction of sp³-hybridized carbons (Fsp3) is 0.0909. The van der Waals surface area contributed by atoms with E-state index in [1.165, 1.54) is 30.3 Å². The van der Waals surface area contributed by atoms with Gasteiger partial charge >= 0.3 is 12.1 Å². The highest BCUT2D eigenvalue weighted by Crippen LogP contribution is 2.31. The number of nitrogens with one attached hydrogen (secondary N) is 2. The zero-order valence-corrected chi connectivity index (χ0v) is 18.2. The Hall–Kier alpha value is -4.06. The second kappa shape index (κ2) is 9.43. The number of amides is 1. The van der Waals surface area contributed by atoms with Crippen molar-refractivity contribution in [1.29, 1.82) is 0 Å². The van der Waals surface area contributed by atoms with Gasteiger partial charge < -0.3 is 15.2 Å². The molecule has 0 saturated heterocycles. The van der Waals surface area contributed by atoms with Crippen molar-refractivity contribution in [1.82, 2.24) is 0 Å². The summed E-state index contributed by atoms with van der Waals surface area (Å²) < 4.78 is 70.8. The van der Waals surface area contributed by atoms with Gasteiger partial charge in [0.15, 0.2) is 0 Å². The Balaban J connectivity index is 1.82. The summed E-state index contributed by atoms with van der Waals surface area (Å²) in [5, 5.41) is 12.1. The number of sulfonamides is 1. The summed E-state index contributed by atoms with van der Waals surface area (Å²) >= 11 is 0. The van der Waals surface area contributed by atoms with Gasteiger partial charge in [0, 0.05) is 16.9 Å². The fourth-order valence-corrected chi connectivity index (χ4v) is 3.95. The second-order valence-electron chi connectivity index (χ2n) is 6.89. The number of hydrogen-bond donors (Lipinski definition) is 3. The molecule has 0 atom stereocenters. The van der Waals surface area contributed by atoms with Crippen molar-refractivity contribution in [2.24, 2.45) is 0 Å². The quantitative estimate of drug-likeness (QED) is 0.441. The first-order valence-electron chi connectivity index (χ1n) is 9.43. The minimum absolute atomic E-state index is 0.0237. The molecule has 0 aromatic heterocycles. The third-order valence-corrected chi connectivity index (χ3v) is 5.89. The molecule has 8 nitrogen and oxygen atoms in total. The SMILES string of the molecule is COC(=O)c1cc(S(=O)(=O)Nc2cccc(C(=O)Nc3cccc(C(F)(F)F)c3)c2)ccc1O.